The number of nitrogens with zero attached hydrogens (tertiary/aromatic N) is 6. The smallest absolute Gasteiger partial charge is 0.229 e. The van der Waals surface area contributed by atoms with Gasteiger partial charge in [-0.2, -0.15) is 15.5 Å². The number of nitriles is 2. The summed E-state index contributed by atoms with van der Waals surface area (Å²) in [7, 11) is 2.10. The molecule has 1 saturated heterocycles. The van der Waals surface area contributed by atoms with E-state index in [9.17, 15) is 5.26 Å². The average molecular weight is 328 g/mol. The van der Waals surface area contributed by atoms with Gasteiger partial charge in [-0.05, 0) is 39.3 Å². The molecule has 1 aliphatic carbocycles. The Hall–Kier alpha value is -1.96. The summed E-state index contributed by atoms with van der Waals surface area (Å²) in [4.78, 5) is 9.10. The van der Waals surface area contributed by atoms with Crippen LogP contribution in [0.1, 0.15) is 49.7 Å². The minimum atomic E-state index is -0.0491. The summed E-state index contributed by atoms with van der Waals surface area (Å²) in [6.45, 7) is 3.41. The van der Waals surface area contributed by atoms with Crippen molar-refractivity contribution in [1.29, 1.82) is 10.5 Å². The van der Waals surface area contributed by atoms with E-state index in [0.29, 0.717) is 31.3 Å². The van der Waals surface area contributed by atoms with E-state index in [0.717, 1.165) is 37.8 Å². The molecule has 24 heavy (non-hydrogen) atoms. The highest BCUT2D eigenvalue weighted by molar-refractivity contribution is 5.02. The van der Waals surface area contributed by atoms with E-state index in [2.05, 4.69) is 39.1 Å². The lowest BCUT2D eigenvalue weighted by Gasteiger charge is -2.24. The van der Waals surface area contributed by atoms with Crippen LogP contribution in [-0.4, -0.2) is 52.7 Å². The molecule has 1 saturated carbocycles. The molecular formula is C17H24N6O. The van der Waals surface area contributed by atoms with Crippen molar-refractivity contribution in [1.82, 2.24) is 19.9 Å². The Morgan fingerprint density at radius 2 is 2.21 bits per heavy atom. The zero-order valence-electron chi connectivity index (χ0n) is 14.2. The first kappa shape index (κ1) is 16.9. The summed E-state index contributed by atoms with van der Waals surface area (Å²) in [5.41, 5.74) is 0. The fourth-order valence-corrected chi connectivity index (χ4v) is 3.26. The number of hydrogen-bond donors (Lipinski definition) is 0. The molecule has 2 fully saturated rings. The van der Waals surface area contributed by atoms with Gasteiger partial charge in [0.05, 0.1) is 24.6 Å². The molecule has 0 spiro atoms. The largest absolute Gasteiger partial charge is 0.339 e. The van der Waals surface area contributed by atoms with Gasteiger partial charge in [-0.1, -0.05) is 5.16 Å². The molecule has 2 heterocycles. The van der Waals surface area contributed by atoms with Gasteiger partial charge in [0.2, 0.25) is 5.89 Å². The van der Waals surface area contributed by atoms with E-state index < -0.39 is 0 Å². The Bertz CT molecular complexity index is 626. The second kappa shape index (κ2) is 7.74. The van der Waals surface area contributed by atoms with Crippen LogP contribution < -0.4 is 0 Å². The Morgan fingerprint density at radius 3 is 2.92 bits per heavy atom. The molecule has 1 aromatic heterocycles. The van der Waals surface area contributed by atoms with E-state index in [1.807, 2.05) is 0 Å². The van der Waals surface area contributed by atoms with Crippen LogP contribution in [-0.2, 0) is 6.54 Å². The minimum absolute atomic E-state index is 0.0491. The monoisotopic (exact) mass is 328 g/mol. The van der Waals surface area contributed by atoms with Crippen LogP contribution in [0.2, 0.25) is 0 Å². The molecule has 0 radical (unpaired) electrons. The first-order valence-corrected chi connectivity index (χ1v) is 8.71. The highest BCUT2D eigenvalue weighted by atomic mass is 16.5. The van der Waals surface area contributed by atoms with E-state index >= 15 is 0 Å². The lowest BCUT2D eigenvalue weighted by Crippen LogP contribution is -2.35. The summed E-state index contributed by atoms with van der Waals surface area (Å²) in [5.74, 6) is 2.00. The highest BCUT2D eigenvalue weighted by Gasteiger charge is 2.31. The SMILES string of the molecule is CN(Cc1noc(C2CC2)n1)C1CCN(CC(C#N)CCC#N)C1. The molecule has 1 aromatic rings. The van der Waals surface area contributed by atoms with E-state index in [1.54, 1.807) is 0 Å². The van der Waals surface area contributed by atoms with Gasteiger partial charge in [-0.15, -0.1) is 0 Å². The van der Waals surface area contributed by atoms with Crippen molar-refractivity contribution in [3.8, 4) is 12.1 Å². The lowest BCUT2D eigenvalue weighted by molar-refractivity contribution is 0.212. The molecule has 0 aromatic carbocycles. The average Bonchev–Trinajstić information content (AvgIpc) is 3.15. The van der Waals surface area contributed by atoms with Crippen molar-refractivity contribution in [2.75, 3.05) is 26.7 Å². The fraction of sp³-hybridized carbons (Fsp3) is 0.765. The third-order valence-corrected chi connectivity index (χ3v) is 4.94. The van der Waals surface area contributed by atoms with Crippen LogP contribution in [0.3, 0.4) is 0 Å². The van der Waals surface area contributed by atoms with Gasteiger partial charge in [0.25, 0.3) is 0 Å². The second-order valence-electron chi connectivity index (χ2n) is 6.96. The second-order valence-corrected chi connectivity index (χ2v) is 6.96. The first-order chi connectivity index (χ1) is 11.7. The molecule has 7 heteroatoms. The summed E-state index contributed by atoms with van der Waals surface area (Å²) in [5, 5.41) is 22.0. The van der Waals surface area contributed by atoms with Crippen molar-refractivity contribution >= 4 is 0 Å². The van der Waals surface area contributed by atoms with Gasteiger partial charge < -0.3 is 9.42 Å². The molecule has 3 rings (SSSR count). The molecule has 128 valence electrons. The lowest BCUT2D eigenvalue weighted by atomic mass is 10.1. The summed E-state index contributed by atoms with van der Waals surface area (Å²) in [6.07, 6.45) is 4.54. The number of aromatic nitrogens is 2. The van der Waals surface area contributed by atoms with Gasteiger partial charge in [0, 0.05) is 31.5 Å². The Labute approximate surface area is 142 Å². The van der Waals surface area contributed by atoms with Gasteiger partial charge in [-0.25, -0.2) is 0 Å². The van der Waals surface area contributed by atoms with Crippen molar-refractivity contribution in [3.63, 3.8) is 0 Å². The first-order valence-electron chi connectivity index (χ1n) is 8.71. The fourth-order valence-electron chi connectivity index (χ4n) is 3.26. The maximum atomic E-state index is 9.21. The third kappa shape index (κ3) is 4.31. The van der Waals surface area contributed by atoms with Crippen molar-refractivity contribution in [2.45, 2.75) is 50.6 Å². The van der Waals surface area contributed by atoms with E-state index in [4.69, 9.17) is 9.78 Å². The summed E-state index contributed by atoms with van der Waals surface area (Å²) < 4.78 is 5.32. The molecular weight excluding hydrogens is 304 g/mol. The molecule has 7 nitrogen and oxygen atoms in total. The molecule has 2 aliphatic rings. The zero-order chi connectivity index (χ0) is 16.9. The van der Waals surface area contributed by atoms with Gasteiger partial charge >= 0.3 is 0 Å². The number of likely N-dealkylation sites (N-methyl/N-ethyl adjacent to an activating group) is 1. The topological polar surface area (TPSA) is 93.0 Å². The Kier molecular flexibility index (Phi) is 5.44. The zero-order valence-corrected chi connectivity index (χ0v) is 14.2. The predicted octanol–water partition coefficient (Wildman–Crippen LogP) is 1.90. The van der Waals surface area contributed by atoms with Crippen molar-refractivity contribution in [2.24, 2.45) is 5.92 Å². The van der Waals surface area contributed by atoms with Crippen LogP contribution in [0.5, 0.6) is 0 Å². The molecule has 0 amide bonds. The van der Waals surface area contributed by atoms with Gasteiger partial charge in [0.15, 0.2) is 5.82 Å². The highest BCUT2D eigenvalue weighted by Crippen LogP contribution is 2.38. The van der Waals surface area contributed by atoms with Crippen LogP contribution in [0.25, 0.3) is 0 Å². The molecule has 1 aliphatic heterocycles. The van der Waals surface area contributed by atoms with Crippen molar-refractivity contribution < 1.29 is 4.52 Å². The normalized spacial score (nSPS) is 22.4. The van der Waals surface area contributed by atoms with E-state index in [1.165, 1.54) is 12.8 Å². The standard InChI is InChI=1S/C17H24N6O/c1-22(12-16-20-17(24-21-16)14-4-5-14)15-6-8-23(11-15)10-13(9-19)3-2-7-18/h13-15H,2-6,8,10-12H2,1H3. The minimum Gasteiger partial charge on any atom is -0.339 e. The van der Waals surface area contributed by atoms with Crippen LogP contribution in [0.15, 0.2) is 4.52 Å². The van der Waals surface area contributed by atoms with Crippen LogP contribution >= 0.6 is 0 Å². The molecule has 2 unspecified atom stereocenters. The maximum Gasteiger partial charge on any atom is 0.229 e. The van der Waals surface area contributed by atoms with Crippen molar-refractivity contribution in [3.05, 3.63) is 11.7 Å². The number of hydrogen-bond acceptors (Lipinski definition) is 7. The predicted molar refractivity (Wildman–Crippen MR) is 86.5 cm³/mol. The third-order valence-electron chi connectivity index (χ3n) is 4.94. The molecule has 0 bridgehead atoms. The Morgan fingerprint density at radius 1 is 1.38 bits per heavy atom. The van der Waals surface area contributed by atoms with Gasteiger partial charge in [-0.3, -0.25) is 4.90 Å². The number of rotatable bonds is 8. The maximum absolute atomic E-state index is 9.21. The van der Waals surface area contributed by atoms with Gasteiger partial charge in [0.1, 0.15) is 0 Å². The summed E-state index contributed by atoms with van der Waals surface area (Å²) in [6, 6.07) is 4.90. The summed E-state index contributed by atoms with van der Waals surface area (Å²) >= 11 is 0. The quantitative estimate of drug-likeness (QED) is 0.719. The number of likely N-dealkylation sites (tertiary alicyclic amines) is 1. The molecule has 2 atom stereocenters. The van der Waals surface area contributed by atoms with Crippen LogP contribution in [0, 0.1) is 28.6 Å². The van der Waals surface area contributed by atoms with E-state index in [-0.39, 0.29) is 5.92 Å². The Balaban J connectivity index is 1.45. The van der Waals surface area contributed by atoms with Crippen LogP contribution in [0.4, 0.5) is 0 Å². The molecule has 0 N–H and O–H groups in total.